The van der Waals surface area contributed by atoms with Crippen molar-refractivity contribution in [2.75, 3.05) is 26.4 Å². The summed E-state index contributed by atoms with van der Waals surface area (Å²) in [5, 5.41) is 9.75. The molecule has 392 valence electrons. The van der Waals surface area contributed by atoms with Crippen molar-refractivity contribution in [3.05, 3.63) is 72.9 Å². The van der Waals surface area contributed by atoms with E-state index in [-0.39, 0.29) is 25.9 Å². The van der Waals surface area contributed by atoms with Gasteiger partial charge in [-0.2, -0.15) is 0 Å². The topological polar surface area (TPSA) is 155 Å². The highest BCUT2D eigenvalue weighted by Gasteiger charge is 2.28. The summed E-state index contributed by atoms with van der Waals surface area (Å²) in [5.41, 5.74) is 0. The molecule has 3 unspecified atom stereocenters. The molecule has 0 saturated heterocycles. The van der Waals surface area contributed by atoms with E-state index in [1.807, 2.05) is 0 Å². The zero-order valence-corrected chi connectivity index (χ0v) is 43.9. The number of phosphoric ester groups is 1. The number of esters is 3. The molecule has 0 amide bonds. The van der Waals surface area contributed by atoms with Gasteiger partial charge in [-0.05, 0) is 89.9 Å². The Morgan fingerprint density at radius 2 is 0.765 bits per heavy atom. The Bertz CT molecular complexity index is 1420. The van der Waals surface area contributed by atoms with Gasteiger partial charge in [-0.1, -0.05) is 190 Å². The molecule has 0 heterocycles. The lowest BCUT2D eigenvalue weighted by molar-refractivity contribution is -0.161. The number of aliphatic hydroxyl groups is 1. The Kier molecular flexibility index (Phi) is 48.0. The number of unbranched alkanes of at least 4 members (excludes halogenated alkanes) is 20. The zero-order valence-electron chi connectivity index (χ0n) is 43.1. The summed E-state index contributed by atoms with van der Waals surface area (Å²) >= 11 is 0. The second-order valence-corrected chi connectivity index (χ2v) is 19.1. The normalized spacial score (nSPS) is 14.0. The van der Waals surface area contributed by atoms with Crippen LogP contribution in [0.1, 0.15) is 226 Å². The van der Waals surface area contributed by atoms with Crippen molar-refractivity contribution in [3.63, 3.8) is 0 Å². The minimum atomic E-state index is -4.75. The first kappa shape index (κ1) is 64.9. The smallest absolute Gasteiger partial charge is 0.462 e. The van der Waals surface area contributed by atoms with Crippen LogP contribution in [0.25, 0.3) is 0 Å². The highest BCUT2D eigenvalue weighted by Crippen LogP contribution is 2.43. The SMILES string of the molecule is CC/C=C\C/C=C\C/C=C\CCCCCC(=O)OC(COC(=O)CCCCCCCC/C=C\C/C=C\C/C=C\CCCCC)COP(=O)(O)OCC(CO)OC(=O)CCCCCCCCCCC. The van der Waals surface area contributed by atoms with Crippen molar-refractivity contribution < 1.29 is 52.2 Å². The predicted octanol–water partition coefficient (Wildman–Crippen LogP) is 15.4. The van der Waals surface area contributed by atoms with Gasteiger partial charge in [-0.25, -0.2) is 4.57 Å². The van der Waals surface area contributed by atoms with Gasteiger partial charge in [0.2, 0.25) is 0 Å². The van der Waals surface area contributed by atoms with Crippen LogP contribution in [-0.2, 0) is 42.2 Å². The number of carbonyl (C=O) groups is 3. The van der Waals surface area contributed by atoms with Gasteiger partial charge < -0.3 is 24.2 Å². The second kappa shape index (κ2) is 50.3. The summed E-state index contributed by atoms with van der Waals surface area (Å²) in [7, 11) is -4.75. The molecule has 0 fully saturated rings. The van der Waals surface area contributed by atoms with Gasteiger partial charge in [0.15, 0.2) is 6.10 Å². The molecule has 0 aromatic heterocycles. The largest absolute Gasteiger partial charge is 0.472 e. The fourth-order valence-electron chi connectivity index (χ4n) is 7.02. The summed E-state index contributed by atoms with van der Waals surface area (Å²) in [4.78, 5) is 48.3. The number of ether oxygens (including phenoxy) is 3. The third-order valence-corrected chi connectivity index (χ3v) is 12.1. The first-order chi connectivity index (χ1) is 33.2. The van der Waals surface area contributed by atoms with Crippen LogP contribution in [-0.4, -0.2) is 66.5 Å². The standard InChI is InChI=1S/C56H97O11P/c1-4-7-10-13-16-19-21-23-24-25-26-27-28-30-31-34-36-39-42-45-54(58)63-49-53(67-56(60)47-44-41-38-35-32-29-22-20-17-14-11-8-5-2)51-65-68(61,62)64-50-52(48-57)66-55(59)46-43-40-37-33-18-15-12-9-6-3/h8,11,16-17,19-20,23-24,26-27,29,32,52-53,57H,4-7,9-10,12-15,18,21-22,25,28,30-31,33-51H2,1-3H3,(H,61,62)/b11-8-,19-16-,20-17-,24-23-,27-26-,32-29-. The quantitative estimate of drug-likeness (QED) is 0.0197. The molecule has 12 heteroatoms. The van der Waals surface area contributed by atoms with E-state index in [2.05, 4.69) is 93.7 Å². The van der Waals surface area contributed by atoms with E-state index in [1.165, 1.54) is 57.8 Å². The van der Waals surface area contributed by atoms with Gasteiger partial charge in [0.05, 0.1) is 19.8 Å². The van der Waals surface area contributed by atoms with Gasteiger partial charge >= 0.3 is 25.7 Å². The Hall–Kier alpha value is -3.08. The lowest BCUT2D eigenvalue weighted by atomic mass is 10.1. The van der Waals surface area contributed by atoms with Gasteiger partial charge in [0.1, 0.15) is 12.7 Å². The molecule has 0 aliphatic heterocycles. The van der Waals surface area contributed by atoms with Crippen LogP contribution in [0.3, 0.4) is 0 Å². The molecule has 0 saturated carbocycles. The number of phosphoric acid groups is 1. The minimum absolute atomic E-state index is 0.128. The van der Waals surface area contributed by atoms with Crippen LogP contribution >= 0.6 is 7.82 Å². The Labute approximate surface area is 414 Å². The van der Waals surface area contributed by atoms with Crippen LogP contribution in [0.5, 0.6) is 0 Å². The van der Waals surface area contributed by atoms with Crippen LogP contribution < -0.4 is 0 Å². The van der Waals surface area contributed by atoms with E-state index >= 15 is 0 Å². The summed E-state index contributed by atoms with van der Waals surface area (Å²) < 4.78 is 39.3. The van der Waals surface area contributed by atoms with Gasteiger partial charge in [0.25, 0.3) is 0 Å². The van der Waals surface area contributed by atoms with Crippen molar-refractivity contribution in [2.24, 2.45) is 0 Å². The molecule has 2 N–H and O–H groups in total. The fourth-order valence-corrected chi connectivity index (χ4v) is 7.81. The Morgan fingerprint density at radius 3 is 1.22 bits per heavy atom. The number of carbonyl (C=O) groups excluding carboxylic acids is 3. The molecule has 0 aliphatic carbocycles. The number of rotatable bonds is 49. The lowest BCUT2D eigenvalue weighted by Gasteiger charge is -2.21. The van der Waals surface area contributed by atoms with Crippen molar-refractivity contribution in [3.8, 4) is 0 Å². The monoisotopic (exact) mass is 977 g/mol. The average Bonchev–Trinajstić information content (AvgIpc) is 3.32. The third kappa shape index (κ3) is 48.0. The Morgan fingerprint density at radius 1 is 0.426 bits per heavy atom. The van der Waals surface area contributed by atoms with E-state index in [0.29, 0.717) is 19.3 Å². The van der Waals surface area contributed by atoms with Crippen molar-refractivity contribution in [1.29, 1.82) is 0 Å². The zero-order chi connectivity index (χ0) is 49.9. The maximum atomic E-state index is 12.8. The van der Waals surface area contributed by atoms with Crippen LogP contribution in [0.4, 0.5) is 0 Å². The molecule has 3 atom stereocenters. The molecular weight excluding hydrogens is 880 g/mol. The molecule has 68 heavy (non-hydrogen) atoms. The number of aliphatic hydroxyl groups excluding tert-OH is 1. The van der Waals surface area contributed by atoms with Crippen molar-refractivity contribution >= 4 is 25.7 Å². The van der Waals surface area contributed by atoms with Crippen molar-refractivity contribution in [2.45, 2.75) is 238 Å². The van der Waals surface area contributed by atoms with Crippen molar-refractivity contribution in [1.82, 2.24) is 0 Å². The van der Waals surface area contributed by atoms with E-state index in [0.717, 1.165) is 109 Å². The van der Waals surface area contributed by atoms with Gasteiger partial charge in [0, 0.05) is 19.3 Å². The number of hydrogen-bond donors (Lipinski definition) is 2. The Balaban J connectivity index is 4.76. The van der Waals surface area contributed by atoms with Crippen LogP contribution in [0.15, 0.2) is 72.9 Å². The minimum Gasteiger partial charge on any atom is -0.462 e. The van der Waals surface area contributed by atoms with Gasteiger partial charge in [-0.3, -0.25) is 23.4 Å². The summed E-state index contributed by atoms with van der Waals surface area (Å²) in [6.45, 7) is 4.42. The van der Waals surface area contributed by atoms with Gasteiger partial charge in [-0.15, -0.1) is 0 Å². The number of hydrogen-bond acceptors (Lipinski definition) is 10. The average molecular weight is 977 g/mol. The van der Waals surface area contributed by atoms with Crippen LogP contribution in [0, 0.1) is 0 Å². The second-order valence-electron chi connectivity index (χ2n) is 17.7. The summed E-state index contributed by atoms with van der Waals surface area (Å²) in [5.74, 6) is -1.52. The molecule has 0 aromatic rings. The molecule has 11 nitrogen and oxygen atoms in total. The fraction of sp³-hybridized carbons (Fsp3) is 0.732. The first-order valence-corrected chi connectivity index (χ1v) is 28.3. The lowest BCUT2D eigenvalue weighted by Crippen LogP contribution is -2.30. The van der Waals surface area contributed by atoms with E-state index in [1.54, 1.807) is 0 Å². The molecule has 0 rings (SSSR count). The molecule has 0 radical (unpaired) electrons. The number of allylic oxidation sites excluding steroid dienone is 12. The third-order valence-electron chi connectivity index (χ3n) is 11.1. The summed E-state index contributed by atoms with van der Waals surface area (Å²) in [6, 6.07) is 0. The van der Waals surface area contributed by atoms with Crippen LogP contribution in [0.2, 0.25) is 0 Å². The van der Waals surface area contributed by atoms with E-state index in [9.17, 15) is 28.9 Å². The highest BCUT2D eigenvalue weighted by molar-refractivity contribution is 7.47. The molecule has 0 spiro atoms. The summed E-state index contributed by atoms with van der Waals surface area (Å²) in [6.07, 6.45) is 54.5. The highest BCUT2D eigenvalue weighted by atomic mass is 31.2. The first-order valence-electron chi connectivity index (χ1n) is 26.8. The van der Waals surface area contributed by atoms with E-state index < -0.39 is 57.8 Å². The molecule has 0 bridgehead atoms. The molecular formula is C56H97O11P. The molecule has 0 aromatic carbocycles. The van der Waals surface area contributed by atoms with E-state index in [4.69, 9.17) is 23.3 Å². The molecule has 0 aliphatic rings. The maximum Gasteiger partial charge on any atom is 0.472 e. The predicted molar refractivity (Wildman–Crippen MR) is 279 cm³/mol. The maximum absolute atomic E-state index is 12.8.